The molecular weight excluding hydrogens is 224 g/mol. The molecule has 2 atom stereocenters. The van der Waals surface area contributed by atoms with E-state index in [1.165, 1.54) is 58.2 Å². The Morgan fingerprint density at radius 2 is 1.83 bits per heavy atom. The fourth-order valence-electron chi connectivity index (χ4n) is 4.10. The molecule has 0 aromatic heterocycles. The van der Waals surface area contributed by atoms with E-state index in [9.17, 15) is 0 Å². The van der Waals surface area contributed by atoms with E-state index in [4.69, 9.17) is 4.74 Å². The molecule has 3 aliphatic heterocycles. The number of rotatable bonds is 2. The van der Waals surface area contributed by atoms with Gasteiger partial charge in [0.05, 0.1) is 0 Å². The van der Waals surface area contributed by atoms with E-state index in [1.807, 2.05) is 0 Å². The minimum Gasteiger partial charge on any atom is -0.381 e. The second-order valence-corrected chi connectivity index (χ2v) is 6.25. The van der Waals surface area contributed by atoms with Crippen molar-refractivity contribution in [3.63, 3.8) is 0 Å². The Morgan fingerprint density at radius 1 is 1.00 bits per heavy atom. The van der Waals surface area contributed by atoms with Crippen molar-refractivity contribution in [3.8, 4) is 0 Å². The quantitative estimate of drug-likeness (QED) is 0.748. The molecule has 3 aliphatic rings. The fraction of sp³-hybridized carbons (Fsp3) is 1.00. The van der Waals surface area contributed by atoms with Gasteiger partial charge in [-0.2, -0.15) is 0 Å². The highest BCUT2D eigenvalue weighted by molar-refractivity contribution is 4.93. The number of piperidine rings is 1. The first-order valence-electron chi connectivity index (χ1n) is 7.96. The molecule has 0 aromatic carbocycles. The van der Waals surface area contributed by atoms with Crippen LogP contribution in [0.3, 0.4) is 0 Å². The number of nitrogens with zero attached hydrogens (tertiary/aromatic N) is 2. The zero-order chi connectivity index (χ0) is 12.4. The minimum atomic E-state index is 0.794. The molecule has 0 saturated carbocycles. The predicted molar refractivity (Wildman–Crippen MR) is 73.8 cm³/mol. The zero-order valence-corrected chi connectivity index (χ0v) is 11.8. The molecule has 0 spiro atoms. The van der Waals surface area contributed by atoms with Crippen LogP contribution in [0.5, 0.6) is 0 Å². The Kier molecular flexibility index (Phi) is 4.22. The average molecular weight is 252 g/mol. The van der Waals surface area contributed by atoms with Gasteiger partial charge in [0.2, 0.25) is 0 Å². The number of hydrogen-bond donors (Lipinski definition) is 0. The Bertz CT molecular complexity index is 265. The maximum absolute atomic E-state index is 5.53. The third kappa shape index (κ3) is 2.59. The molecule has 0 aliphatic carbocycles. The maximum Gasteiger partial charge on any atom is 0.0480 e. The van der Waals surface area contributed by atoms with Crippen molar-refractivity contribution in [2.24, 2.45) is 0 Å². The first-order chi connectivity index (χ1) is 8.88. The highest BCUT2D eigenvalue weighted by atomic mass is 16.5. The molecule has 0 N–H and O–H groups in total. The molecule has 0 radical (unpaired) electrons. The van der Waals surface area contributed by atoms with Crippen LogP contribution in [0.25, 0.3) is 0 Å². The number of hydrogen-bond acceptors (Lipinski definition) is 3. The van der Waals surface area contributed by atoms with Gasteiger partial charge in [-0.05, 0) is 38.6 Å². The minimum absolute atomic E-state index is 0.794. The molecule has 0 aromatic rings. The molecule has 0 amide bonds. The Morgan fingerprint density at radius 3 is 2.61 bits per heavy atom. The van der Waals surface area contributed by atoms with Crippen LogP contribution in [0.4, 0.5) is 0 Å². The van der Waals surface area contributed by atoms with Crippen LogP contribution >= 0.6 is 0 Å². The summed E-state index contributed by atoms with van der Waals surface area (Å²) in [5.41, 5.74) is 0. The summed E-state index contributed by atoms with van der Waals surface area (Å²) in [7, 11) is 0. The lowest BCUT2D eigenvalue weighted by atomic mass is 9.93. The summed E-state index contributed by atoms with van der Waals surface area (Å²) < 4.78 is 5.53. The van der Waals surface area contributed by atoms with Gasteiger partial charge in [0, 0.05) is 44.4 Å². The van der Waals surface area contributed by atoms with E-state index in [-0.39, 0.29) is 0 Å². The number of ether oxygens (including phenoxy) is 1. The molecule has 3 saturated heterocycles. The van der Waals surface area contributed by atoms with Crippen LogP contribution in [0.2, 0.25) is 0 Å². The molecule has 3 rings (SSSR count). The van der Waals surface area contributed by atoms with Crippen molar-refractivity contribution in [1.29, 1.82) is 0 Å². The van der Waals surface area contributed by atoms with Gasteiger partial charge in [-0.3, -0.25) is 9.80 Å². The normalized spacial score (nSPS) is 36.5. The molecule has 3 heteroatoms. The van der Waals surface area contributed by atoms with E-state index in [0.29, 0.717) is 0 Å². The molecule has 3 fully saturated rings. The maximum atomic E-state index is 5.53. The lowest BCUT2D eigenvalue weighted by Crippen LogP contribution is -2.62. The molecule has 18 heavy (non-hydrogen) atoms. The predicted octanol–water partition coefficient (Wildman–Crippen LogP) is 2.11. The first kappa shape index (κ1) is 12.9. The van der Waals surface area contributed by atoms with E-state index < -0.39 is 0 Å². The van der Waals surface area contributed by atoms with Crippen molar-refractivity contribution >= 4 is 0 Å². The number of fused-ring (bicyclic) bond motifs is 1. The van der Waals surface area contributed by atoms with Crippen molar-refractivity contribution in [1.82, 2.24) is 9.80 Å². The van der Waals surface area contributed by atoms with E-state index in [1.54, 1.807) is 0 Å². The van der Waals surface area contributed by atoms with Gasteiger partial charge < -0.3 is 4.74 Å². The molecule has 2 unspecified atom stereocenters. The molecule has 104 valence electrons. The topological polar surface area (TPSA) is 15.7 Å². The Hall–Kier alpha value is -0.120. The highest BCUT2D eigenvalue weighted by Gasteiger charge is 2.37. The van der Waals surface area contributed by atoms with Gasteiger partial charge in [0.15, 0.2) is 0 Å². The summed E-state index contributed by atoms with van der Waals surface area (Å²) >= 11 is 0. The third-order valence-electron chi connectivity index (χ3n) is 5.22. The van der Waals surface area contributed by atoms with Crippen LogP contribution in [-0.2, 0) is 4.74 Å². The lowest BCUT2D eigenvalue weighted by molar-refractivity contribution is -0.0458. The third-order valence-corrected chi connectivity index (χ3v) is 5.22. The van der Waals surface area contributed by atoms with Crippen LogP contribution < -0.4 is 0 Å². The summed E-state index contributed by atoms with van der Waals surface area (Å²) in [4.78, 5) is 5.61. The van der Waals surface area contributed by atoms with E-state index >= 15 is 0 Å². The van der Waals surface area contributed by atoms with Gasteiger partial charge >= 0.3 is 0 Å². The Balaban J connectivity index is 1.67. The van der Waals surface area contributed by atoms with E-state index in [0.717, 1.165) is 31.3 Å². The molecule has 0 bridgehead atoms. The van der Waals surface area contributed by atoms with E-state index in [2.05, 4.69) is 16.7 Å². The standard InChI is InChI=1S/C15H28N2O/c1-2-13-11-16-8-4-3-5-15(16)12-17(13)14-6-9-18-10-7-14/h13-15H,2-12H2,1H3. The monoisotopic (exact) mass is 252 g/mol. The first-order valence-corrected chi connectivity index (χ1v) is 7.96. The van der Waals surface area contributed by atoms with Crippen LogP contribution in [0.1, 0.15) is 45.4 Å². The second kappa shape index (κ2) is 5.89. The number of piperazine rings is 1. The summed E-state index contributed by atoms with van der Waals surface area (Å²) in [6, 6.07) is 2.44. The largest absolute Gasteiger partial charge is 0.381 e. The Labute approximate surface area is 111 Å². The zero-order valence-electron chi connectivity index (χ0n) is 11.8. The van der Waals surface area contributed by atoms with Crippen LogP contribution in [0.15, 0.2) is 0 Å². The van der Waals surface area contributed by atoms with Crippen molar-refractivity contribution in [3.05, 3.63) is 0 Å². The van der Waals surface area contributed by atoms with Crippen LogP contribution in [0, 0.1) is 0 Å². The van der Waals surface area contributed by atoms with Crippen molar-refractivity contribution in [2.45, 2.75) is 63.6 Å². The molecule has 3 nitrogen and oxygen atoms in total. The van der Waals surface area contributed by atoms with Crippen molar-refractivity contribution in [2.75, 3.05) is 32.8 Å². The summed E-state index contributed by atoms with van der Waals surface area (Å²) in [5, 5.41) is 0. The van der Waals surface area contributed by atoms with Gasteiger partial charge in [-0.1, -0.05) is 13.3 Å². The average Bonchev–Trinajstić information content (AvgIpc) is 2.46. The van der Waals surface area contributed by atoms with Gasteiger partial charge in [-0.25, -0.2) is 0 Å². The summed E-state index contributed by atoms with van der Waals surface area (Å²) in [5.74, 6) is 0. The SMILES string of the molecule is CCC1CN2CCCCC2CN1C1CCOCC1. The summed E-state index contributed by atoms with van der Waals surface area (Å²) in [6.07, 6.45) is 8.10. The molecule has 3 heterocycles. The summed E-state index contributed by atoms with van der Waals surface area (Å²) in [6.45, 7) is 8.31. The lowest BCUT2D eigenvalue weighted by Gasteiger charge is -2.51. The van der Waals surface area contributed by atoms with Gasteiger partial charge in [0.1, 0.15) is 0 Å². The van der Waals surface area contributed by atoms with Gasteiger partial charge in [0.25, 0.3) is 0 Å². The van der Waals surface area contributed by atoms with Crippen molar-refractivity contribution < 1.29 is 4.74 Å². The van der Waals surface area contributed by atoms with Gasteiger partial charge in [-0.15, -0.1) is 0 Å². The highest BCUT2D eigenvalue weighted by Crippen LogP contribution is 2.29. The smallest absolute Gasteiger partial charge is 0.0480 e. The molecular formula is C15H28N2O. The fourth-order valence-corrected chi connectivity index (χ4v) is 4.10. The second-order valence-electron chi connectivity index (χ2n) is 6.25. The van der Waals surface area contributed by atoms with Crippen LogP contribution in [-0.4, -0.2) is 60.8 Å².